The summed E-state index contributed by atoms with van der Waals surface area (Å²) >= 11 is 1.56. The average Bonchev–Trinajstić information content (AvgIpc) is 3.25. The third-order valence-electron chi connectivity index (χ3n) is 5.03. The Morgan fingerprint density at radius 3 is 2.50 bits per heavy atom. The van der Waals surface area contributed by atoms with Gasteiger partial charge < -0.3 is 15.1 Å². The number of aromatic nitrogens is 1. The standard InChI is InChI=1S/C21H24FN5O2S/c1-21(2,3)18(17(28)14-4-5-15(13-23)16(22)12-14)25-19(29)26-7-9-27(10-8-26)20-24-6-11-30-20/h4-6,11-12,18H,7-10H2,1-3H3,(H,25,29). The van der Waals surface area contributed by atoms with E-state index in [0.29, 0.717) is 26.2 Å². The molecule has 0 aliphatic carbocycles. The fraction of sp³-hybridized carbons (Fsp3) is 0.429. The lowest BCUT2D eigenvalue weighted by Crippen LogP contribution is -2.57. The van der Waals surface area contributed by atoms with Crippen molar-refractivity contribution in [2.75, 3.05) is 31.1 Å². The van der Waals surface area contributed by atoms with E-state index in [0.717, 1.165) is 11.2 Å². The summed E-state index contributed by atoms with van der Waals surface area (Å²) < 4.78 is 14.0. The lowest BCUT2D eigenvalue weighted by molar-refractivity contribution is 0.0861. The number of Topliss-reactive ketones (excluding diaryl/α,β-unsaturated/α-hetero) is 1. The molecule has 2 aromatic rings. The summed E-state index contributed by atoms with van der Waals surface area (Å²) in [4.78, 5) is 34.0. The number of carbonyl (C=O) groups is 2. The highest BCUT2D eigenvalue weighted by molar-refractivity contribution is 7.13. The molecule has 1 atom stereocenters. The highest BCUT2D eigenvalue weighted by atomic mass is 32.1. The van der Waals surface area contributed by atoms with Gasteiger partial charge >= 0.3 is 6.03 Å². The van der Waals surface area contributed by atoms with E-state index in [9.17, 15) is 14.0 Å². The number of nitriles is 1. The number of nitrogens with one attached hydrogen (secondary N) is 1. The third kappa shape index (κ3) is 4.76. The van der Waals surface area contributed by atoms with Gasteiger partial charge in [0, 0.05) is 43.3 Å². The Morgan fingerprint density at radius 1 is 1.27 bits per heavy atom. The van der Waals surface area contributed by atoms with Crippen LogP contribution in [0.15, 0.2) is 29.8 Å². The predicted molar refractivity (Wildman–Crippen MR) is 113 cm³/mol. The van der Waals surface area contributed by atoms with Crippen LogP contribution in [0.3, 0.4) is 0 Å². The number of piperazine rings is 1. The van der Waals surface area contributed by atoms with Gasteiger partial charge in [-0.1, -0.05) is 20.8 Å². The molecule has 0 saturated carbocycles. The fourth-order valence-electron chi connectivity index (χ4n) is 3.29. The number of ketones is 1. The molecular weight excluding hydrogens is 405 g/mol. The lowest BCUT2D eigenvalue weighted by atomic mass is 9.82. The van der Waals surface area contributed by atoms with E-state index in [2.05, 4.69) is 15.2 Å². The first-order valence-electron chi connectivity index (χ1n) is 9.64. The second-order valence-corrected chi connectivity index (χ2v) is 9.08. The van der Waals surface area contributed by atoms with Crippen LogP contribution in [-0.4, -0.2) is 53.9 Å². The maximum absolute atomic E-state index is 14.0. The largest absolute Gasteiger partial charge is 0.345 e. The summed E-state index contributed by atoms with van der Waals surface area (Å²) in [5, 5.41) is 14.6. The van der Waals surface area contributed by atoms with Crippen LogP contribution in [0.25, 0.3) is 0 Å². The maximum Gasteiger partial charge on any atom is 0.318 e. The summed E-state index contributed by atoms with van der Waals surface area (Å²) in [5.74, 6) is -1.14. The van der Waals surface area contributed by atoms with E-state index >= 15 is 0 Å². The molecule has 9 heteroatoms. The van der Waals surface area contributed by atoms with Gasteiger partial charge in [-0.3, -0.25) is 4.79 Å². The van der Waals surface area contributed by atoms with Crippen LogP contribution in [0.5, 0.6) is 0 Å². The Bertz CT molecular complexity index is 957. The van der Waals surface area contributed by atoms with Crippen LogP contribution in [0.4, 0.5) is 14.3 Å². The van der Waals surface area contributed by atoms with Gasteiger partial charge in [0.1, 0.15) is 11.9 Å². The number of anilines is 1. The average molecular weight is 430 g/mol. The van der Waals surface area contributed by atoms with Crippen molar-refractivity contribution in [3.05, 3.63) is 46.7 Å². The van der Waals surface area contributed by atoms with Gasteiger partial charge in [0.2, 0.25) is 0 Å². The van der Waals surface area contributed by atoms with Gasteiger partial charge in [0.25, 0.3) is 0 Å². The van der Waals surface area contributed by atoms with Crippen LogP contribution in [0.2, 0.25) is 0 Å². The zero-order valence-electron chi connectivity index (χ0n) is 17.2. The zero-order valence-corrected chi connectivity index (χ0v) is 18.0. The number of benzene rings is 1. The smallest absolute Gasteiger partial charge is 0.318 e. The molecular formula is C21H24FN5O2S. The summed E-state index contributed by atoms with van der Waals surface area (Å²) in [5.41, 5.74) is -0.582. The second kappa shape index (κ2) is 8.79. The minimum Gasteiger partial charge on any atom is -0.345 e. The van der Waals surface area contributed by atoms with Gasteiger partial charge in [-0.15, -0.1) is 11.3 Å². The van der Waals surface area contributed by atoms with E-state index < -0.39 is 17.3 Å². The molecule has 0 bridgehead atoms. The monoisotopic (exact) mass is 429 g/mol. The molecule has 158 valence electrons. The first-order valence-corrected chi connectivity index (χ1v) is 10.5. The first kappa shape index (κ1) is 21.7. The van der Waals surface area contributed by atoms with Crippen molar-refractivity contribution in [1.29, 1.82) is 5.26 Å². The molecule has 1 aliphatic rings. The Labute approximate surface area is 179 Å². The van der Waals surface area contributed by atoms with Crippen LogP contribution < -0.4 is 10.2 Å². The van der Waals surface area contributed by atoms with Crippen molar-refractivity contribution in [2.45, 2.75) is 26.8 Å². The molecule has 0 radical (unpaired) electrons. The molecule has 2 amide bonds. The number of thiazole rings is 1. The third-order valence-corrected chi connectivity index (χ3v) is 5.86. The molecule has 1 unspecified atom stereocenters. The summed E-state index contributed by atoms with van der Waals surface area (Å²) in [6, 6.07) is 4.33. The first-order chi connectivity index (χ1) is 14.2. The Balaban J connectivity index is 1.69. The van der Waals surface area contributed by atoms with Gasteiger partial charge in [-0.25, -0.2) is 14.2 Å². The number of halogens is 1. The minimum atomic E-state index is -0.839. The SMILES string of the molecule is CC(C)(C)C(NC(=O)N1CCN(c2nccs2)CC1)C(=O)c1ccc(C#N)c(F)c1. The van der Waals surface area contributed by atoms with E-state index in [1.807, 2.05) is 26.2 Å². The zero-order chi connectivity index (χ0) is 21.9. The highest BCUT2D eigenvalue weighted by Crippen LogP contribution is 2.24. The number of hydrogen-bond acceptors (Lipinski definition) is 6. The summed E-state index contributed by atoms with van der Waals surface area (Å²) in [6.45, 7) is 7.89. The Hall–Kier alpha value is -2.99. The molecule has 30 heavy (non-hydrogen) atoms. The molecule has 3 rings (SSSR count). The van der Waals surface area contributed by atoms with E-state index in [1.54, 1.807) is 28.5 Å². The highest BCUT2D eigenvalue weighted by Gasteiger charge is 2.35. The second-order valence-electron chi connectivity index (χ2n) is 8.21. The van der Waals surface area contributed by atoms with Gasteiger partial charge in [-0.05, 0) is 23.6 Å². The normalized spacial score (nSPS) is 15.4. The van der Waals surface area contributed by atoms with Gasteiger partial charge in [0.15, 0.2) is 10.9 Å². The topological polar surface area (TPSA) is 89.3 Å². The van der Waals surface area contributed by atoms with E-state index in [1.165, 1.54) is 12.1 Å². The molecule has 0 spiro atoms. The quantitative estimate of drug-likeness (QED) is 0.754. The van der Waals surface area contributed by atoms with Crippen molar-refractivity contribution >= 4 is 28.3 Å². The number of rotatable bonds is 4. The van der Waals surface area contributed by atoms with Crippen LogP contribution in [0.1, 0.15) is 36.7 Å². The molecule has 1 aliphatic heterocycles. The number of amides is 2. The van der Waals surface area contributed by atoms with E-state index in [-0.39, 0.29) is 22.9 Å². The van der Waals surface area contributed by atoms with Crippen molar-refractivity contribution < 1.29 is 14.0 Å². The number of urea groups is 1. The molecule has 1 aromatic heterocycles. The molecule has 1 fully saturated rings. The number of hydrogen-bond donors (Lipinski definition) is 1. The molecule has 7 nitrogen and oxygen atoms in total. The fourth-order valence-corrected chi connectivity index (χ4v) is 3.99. The van der Waals surface area contributed by atoms with Crippen LogP contribution in [0, 0.1) is 22.6 Å². The molecule has 1 aromatic carbocycles. The summed E-state index contributed by atoms with van der Waals surface area (Å²) in [7, 11) is 0. The number of carbonyl (C=O) groups excluding carboxylic acids is 2. The van der Waals surface area contributed by atoms with Crippen molar-refractivity contribution in [3.8, 4) is 6.07 Å². The van der Waals surface area contributed by atoms with Crippen LogP contribution in [-0.2, 0) is 0 Å². The van der Waals surface area contributed by atoms with Crippen molar-refractivity contribution in [1.82, 2.24) is 15.2 Å². The maximum atomic E-state index is 14.0. The lowest BCUT2D eigenvalue weighted by Gasteiger charge is -2.37. The molecule has 2 heterocycles. The Morgan fingerprint density at radius 2 is 1.97 bits per heavy atom. The summed E-state index contributed by atoms with van der Waals surface area (Å²) in [6.07, 6.45) is 1.75. The van der Waals surface area contributed by atoms with Gasteiger partial charge in [-0.2, -0.15) is 5.26 Å². The van der Waals surface area contributed by atoms with Crippen molar-refractivity contribution in [2.24, 2.45) is 5.41 Å². The molecule has 1 N–H and O–H groups in total. The van der Waals surface area contributed by atoms with Crippen LogP contribution >= 0.6 is 11.3 Å². The van der Waals surface area contributed by atoms with Gasteiger partial charge in [0.05, 0.1) is 11.6 Å². The van der Waals surface area contributed by atoms with E-state index in [4.69, 9.17) is 5.26 Å². The predicted octanol–water partition coefficient (Wildman–Crippen LogP) is 3.28. The van der Waals surface area contributed by atoms with Crippen molar-refractivity contribution in [3.63, 3.8) is 0 Å². The minimum absolute atomic E-state index is 0.124. The number of nitrogens with zero attached hydrogens (tertiary/aromatic N) is 4. The Kier molecular flexibility index (Phi) is 6.37. The molecule has 1 saturated heterocycles.